The number of likely N-dealkylation sites (tertiary alicyclic amines) is 1. The summed E-state index contributed by atoms with van der Waals surface area (Å²) in [6.45, 7) is 3.19. The minimum atomic E-state index is -0.727. The molecule has 5 heteroatoms. The standard InChI is InChI=1S/C12H20N2O3/c15-11(16)7-9-2-5-14(6-3-9)12(17)10-1-4-13-8-10/h9-10,13H,1-8H2,(H,15,16). The maximum absolute atomic E-state index is 12.1. The largest absolute Gasteiger partial charge is 0.481 e. The highest BCUT2D eigenvalue weighted by molar-refractivity contribution is 5.79. The van der Waals surface area contributed by atoms with Gasteiger partial charge in [-0.2, -0.15) is 0 Å². The van der Waals surface area contributed by atoms with Gasteiger partial charge in [-0.1, -0.05) is 0 Å². The maximum atomic E-state index is 12.1. The van der Waals surface area contributed by atoms with E-state index in [0.29, 0.717) is 0 Å². The van der Waals surface area contributed by atoms with E-state index >= 15 is 0 Å². The van der Waals surface area contributed by atoms with Gasteiger partial charge >= 0.3 is 5.97 Å². The van der Waals surface area contributed by atoms with Crippen LogP contribution in [-0.4, -0.2) is 48.1 Å². The number of carbonyl (C=O) groups is 2. The molecule has 0 radical (unpaired) electrons. The Morgan fingerprint density at radius 2 is 1.94 bits per heavy atom. The highest BCUT2D eigenvalue weighted by Gasteiger charge is 2.30. The Hall–Kier alpha value is -1.10. The Kier molecular flexibility index (Phi) is 3.99. The summed E-state index contributed by atoms with van der Waals surface area (Å²) in [5.41, 5.74) is 0. The van der Waals surface area contributed by atoms with Gasteiger partial charge in [-0.15, -0.1) is 0 Å². The van der Waals surface area contributed by atoms with E-state index in [1.54, 1.807) is 0 Å². The molecule has 2 aliphatic rings. The van der Waals surface area contributed by atoms with Crippen molar-refractivity contribution >= 4 is 11.9 Å². The summed E-state index contributed by atoms with van der Waals surface area (Å²) in [5, 5.41) is 11.9. The number of carboxylic acid groups (broad SMARTS) is 1. The minimum absolute atomic E-state index is 0.144. The molecule has 5 nitrogen and oxygen atoms in total. The van der Waals surface area contributed by atoms with Crippen molar-refractivity contribution in [1.29, 1.82) is 0 Å². The van der Waals surface area contributed by atoms with Crippen molar-refractivity contribution in [3.05, 3.63) is 0 Å². The lowest BCUT2D eigenvalue weighted by atomic mass is 9.93. The molecule has 0 spiro atoms. The van der Waals surface area contributed by atoms with Crippen LogP contribution in [0, 0.1) is 11.8 Å². The van der Waals surface area contributed by atoms with Crippen LogP contribution in [0.15, 0.2) is 0 Å². The van der Waals surface area contributed by atoms with Gasteiger partial charge in [0, 0.05) is 26.1 Å². The maximum Gasteiger partial charge on any atom is 0.303 e. The molecule has 2 aliphatic heterocycles. The number of carboxylic acids is 1. The van der Waals surface area contributed by atoms with Gasteiger partial charge in [0.2, 0.25) is 5.91 Å². The van der Waals surface area contributed by atoms with Gasteiger partial charge in [0.1, 0.15) is 0 Å². The average Bonchev–Trinajstić information content (AvgIpc) is 2.82. The average molecular weight is 240 g/mol. The van der Waals surface area contributed by atoms with Crippen molar-refractivity contribution in [2.75, 3.05) is 26.2 Å². The Labute approximate surface area is 101 Å². The molecule has 2 N–H and O–H groups in total. The first-order chi connectivity index (χ1) is 8.16. The number of amides is 1. The number of rotatable bonds is 3. The first-order valence-corrected chi connectivity index (χ1v) is 6.38. The highest BCUT2D eigenvalue weighted by atomic mass is 16.4. The molecule has 0 aromatic rings. The molecule has 0 aromatic heterocycles. The van der Waals surface area contributed by atoms with E-state index in [-0.39, 0.29) is 24.2 Å². The van der Waals surface area contributed by atoms with E-state index in [1.165, 1.54) is 0 Å². The fourth-order valence-corrected chi connectivity index (χ4v) is 2.73. The molecule has 17 heavy (non-hydrogen) atoms. The summed E-state index contributed by atoms with van der Waals surface area (Å²) in [5.74, 6) is -0.0807. The van der Waals surface area contributed by atoms with Gasteiger partial charge in [-0.05, 0) is 31.7 Å². The zero-order chi connectivity index (χ0) is 12.3. The normalized spacial score (nSPS) is 26.1. The van der Waals surface area contributed by atoms with Crippen LogP contribution in [0.4, 0.5) is 0 Å². The molecule has 0 bridgehead atoms. The number of aliphatic carboxylic acids is 1. The molecule has 1 amide bonds. The number of hydrogen-bond donors (Lipinski definition) is 2. The summed E-state index contributed by atoms with van der Waals surface area (Å²) in [4.78, 5) is 24.6. The smallest absolute Gasteiger partial charge is 0.303 e. The second kappa shape index (κ2) is 5.49. The lowest BCUT2D eigenvalue weighted by Gasteiger charge is -2.32. The topological polar surface area (TPSA) is 69.6 Å². The Balaban J connectivity index is 1.78. The molecular weight excluding hydrogens is 220 g/mol. The lowest BCUT2D eigenvalue weighted by molar-refractivity contribution is -0.139. The fourth-order valence-electron chi connectivity index (χ4n) is 2.73. The van der Waals surface area contributed by atoms with Crippen molar-refractivity contribution in [1.82, 2.24) is 10.2 Å². The molecule has 2 heterocycles. The molecule has 2 rings (SSSR count). The Morgan fingerprint density at radius 1 is 1.24 bits per heavy atom. The van der Waals surface area contributed by atoms with Gasteiger partial charge in [0.25, 0.3) is 0 Å². The van der Waals surface area contributed by atoms with Gasteiger partial charge in [-0.3, -0.25) is 9.59 Å². The minimum Gasteiger partial charge on any atom is -0.481 e. The summed E-state index contributed by atoms with van der Waals surface area (Å²) in [6.07, 6.45) is 2.84. The zero-order valence-electron chi connectivity index (χ0n) is 10.0. The SMILES string of the molecule is O=C(O)CC1CCN(C(=O)C2CCNC2)CC1. The first kappa shape index (κ1) is 12.4. The molecule has 0 aliphatic carbocycles. The third kappa shape index (κ3) is 3.19. The molecule has 96 valence electrons. The van der Waals surface area contributed by atoms with Crippen molar-refractivity contribution in [3.63, 3.8) is 0 Å². The molecule has 1 atom stereocenters. The fraction of sp³-hybridized carbons (Fsp3) is 0.833. The monoisotopic (exact) mass is 240 g/mol. The van der Waals surface area contributed by atoms with Gasteiger partial charge in [0.15, 0.2) is 0 Å². The van der Waals surface area contributed by atoms with E-state index in [0.717, 1.165) is 45.4 Å². The Morgan fingerprint density at radius 3 is 2.47 bits per heavy atom. The van der Waals surface area contributed by atoms with Crippen LogP contribution in [0.25, 0.3) is 0 Å². The van der Waals surface area contributed by atoms with E-state index in [1.807, 2.05) is 4.90 Å². The number of nitrogens with one attached hydrogen (secondary N) is 1. The molecule has 2 fully saturated rings. The van der Waals surface area contributed by atoms with Crippen LogP contribution in [0.1, 0.15) is 25.7 Å². The van der Waals surface area contributed by atoms with Crippen molar-refractivity contribution in [2.45, 2.75) is 25.7 Å². The van der Waals surface area contributed by atoms with Gasteiger partial charge < -0.3 is 15.3 Å². The Bertz CT molecular complexity index is 292. The second-order valence-electron chi connectivity index (χ2n) is 5.06. The van der Waals surface area contributed by atoms with Crippen LogP contribution >= 0.6 is 0 Å². The van der Waals surface area contributed by atoms with Gasteiger partial charge in [-0.25, -0.2) is 0 Å². The predicted octanol–water partition coefficient (Wildman–Crippen LogP) is 0.309. The first-order valence-electron chi connectivity index (χ1n) is 6.38. The molecule has 0 aromatic carbocycles. The highest BCUT2D eigenvalue weighted by Crippen LogP contribution is 2.22. The zero-order valence-corrected chi connectivity index (χ0v) is 10.0. The van der Waals surface area contributed by atoms with Crippen molar-refractivity contribution in [3.8, 4) is 0 Å². The predicted molar refractivity (Wildman–Crippen MR) is 62.5 cm³/mol. The van der Waals surface area contributed by atoms with E-state index in [2.05, 4.69) is 5.32 Å². The summed E-state index contributed by atoms with van der Waals surface area (Å²) < 4.78 is 0. The van der Waals surface area contributed by atoms with Crippen LogP contribution in [0.3, 0.4) is 0 Å². The summed E-state index contributed by atoms with van der Waals surface area (Å²) >= 11 is 0. The third-order valence-corrected chi connectivity index (χ3v) is 3.80. The third-order valence-electron chi connectivity index (χ3n) is 3.80. The lowest BCUT2D eigenvalue weighted by Crippen LogP contribution is -2.42. The molecule has 2 saturated heterocycles. The second-order valence-corrected chi connectivity index (χ2v) is 5.06. The van der Waals surface area contributed by atoms with Crippen LogP contribution in [0.5, 0.6) is 0 Å². The van der Waals surface area contributed by atoms with E-state index in [9.17, 15) is 9.59 Å². The summed E-state index contributed by atoms with van der Waals surface area (Å²) in [6, 6.07) is 0. The quantitative estimate of drug-likeness (QED) is 0.745. The number of piperidine rings is 1. The number of carbonyl (C=O) groups excluding carboxylic acids is 1. The van der Waals surface area contributed by atoms with Crippen molar-refractivity contribution in [2.24, 2.45) is 11.8 Å². The molecular formula is C12H20N2O3. The molecule has 1 unspecified atom stereocenters. The van der Waals surface area contributed by atoms with Crippen LogP contribution in [0.2, 0.25) is 0 Å². The summed E-state index contributed by atoms with van der Waals surface area (Å²) in [7, 11) is 0. The van der Waals surface area contributed by atoms with Crippen molar-refractivity contribution < 1.29 is 14.7 Å². The van der Waals surface area contributed by atoms with E-state index < -0.39 is 5.97 Å². The molecule has 0 saturated carbocycles. The number of hydrogen-bond acceptors (Lipinski definition) is 3. The number of nitrogens with zero attached hydrogens (tertiary/aromatic N) is 1. The van der Waals surface area contributed by atoms with Crippen LogP contribution in [-0.2, 0) is 9.59 Å². The van der Waals surface area contributed by atoms with E-state index in [4.69, 9.17) is 5.11 Å². The van der Waals surface area contributed by atoms with Crippen LogP contribution < -0.4 is 5.32 Å². The van der Waals surface area contributed by atoms with Gasteiger partial charge in [0.05, 0.1) is 5.92 Å².